The van der Waals surface area contributed by atoms with Crippen LogP contribution in [0.3, 0.4) is 0 Å². The lowest BCUT2D eigenvalue weighted by Crippen LogP contribution is -2.23. The Bertz CT molecular complexity index is 1560. The van der Waals surface area contributed by atoms with Crippen LogP contribution in [0.1, 0.15) is 13.8 Å². The summed E-state index contributed by atoms with van der Waals surface area (Å²) in [6, 6.07) is 19.6. The van der Waals surface area contributed by atoms with E-state index in [2.05, 4.69) is 9.55 Å². The molecule has 3 heterocycles. The van der Waals surface area contributed by atoms with Crippen molar-refractivity contribution in [2.75, 3.05) is 5.73 Å². The van der Waals surface area contributed by atoms with Crippen LogP contribution in [-0.4, -0.2) is 32.2 Å². The van der Waals surface area contributed by atoms with Gasteiger partial charge in [0.25, 0.3) is 0 Å². The third-order valence-electron chi connectivity index (χ3n) is 5.64. The van der Waals surface area contributed by atoms with Crippen molar-refractivity contribution in [2.45, 2.75) is 19.1 Å². The molecule has 0 fully saturated rings. The van der Waals surface area contributed by atoms with Gasteiger partial charge in [-0.1, -0.05) is 42.5 Å². The molecule has 0 aliphatic heterocycles. The van der Waals surface area contributed by atoms with Gasteiger partial charge >= 0.3 is 0 Å². The summed E-state index contributed by atoms with van der Waals surface area (Å²) in [5, 5.41) is 1.39. The summed E-state index contributed by atoms with van der Waals surface area (Å²) in [5.41, 5.74) is 10.6. The monoisotopic (exact) mass is 477 g/mol. The fourth-order valence-electron chi connectivity index (χ4n) is 3.95. The highest BCUT2D eigenvalue weighted by Crippen LogP contribution is 2.38. The maximum Gasteiger partial charge on any atom is 0.244 e. The quantitative estimate of drug-likeness (QED) is 0.384. The largest absolute Gasteiger partial charge is 0.368 e. The first-order chi connectivity index (χ1) is 15.8. The van der Waals surface area contributed by atoms with E-state index >= 15 is 0 Å². The fourth-order valence-corrected chi connectivity index (χ4v) is 5.84. The predicted octanol–water partition coefficient (Wildman–Crippen LogP) is 5.00. The van der Waals surface area contributed by atoms with Crippen molar-refractivity contribution in [3.8, 4) is 33.2 Å². The summed E-state index contributed by atoms with van der Waals surface area (Å²) in [4.78, 5) is 10.3. The van der Waals surface area contributed by atoms with Crippen molar-refractivity contribution in [3.05, 3.63) is 66.0 Å². The molecule has 0 bridgehead atoms. The van der Waals surface area contributed by atoms with Gasteiger partial charge in [-0.25, -0.2) is 22.4 Å². The van der Waals surface area contributed by atoms with Gasteiger partial charge in [0.15, 0.2) is 5.82 Å². The number of rotatable bonds is 5. The number of aromatic nitrogens is 4. The van der Waals surface area contributed by atoms with Gasteiger partial charge in [0.2, 0.25) is 16.0 Å². The van der Waals surface area contributed by atoms with Crippen LogP contribution in [0.5, 0.6) is 0 Å². The minimum atomic E-state index is -3.68. The summed E-state index contributed by atoms with van der Waals surface area (Å²) < 4.78 is 29.2. The van der Waals surface area contributed by atoms with Gasteiger partial charge in [-0.15, -0.1) is 11.3 Å². The van der Waals surface area contributed by atoms with Gasteiger partial charge in [0.1, 0.15) is 0 Å². The highest BCUT2D eigenvalue weighted by Gasteiger charge is 2.26. The number of imidazole rings is 2. The molecule has 3 aromatic heterocycles. The molecule has 0 saturated heterocycles. The highest BCUT2D eigenvalue weighted by atomic mass is 32.2. The van der Waals surface area contributed by atoms with E-state index in [9.17, 15) is 8.42 Å². The zero-order chi connectivity index (χ0) is 23.3. The third kappa shape index (κ3) is 3.44. The maximum absolute atomic E-state index is 13.0. The number of benzene rings is 2. The molecule has 0 aliphatic carbocycles. The van der Waals surface area contributed by atoms with Crippen LogP contribution in [0.4, 0.5) is 5.95 Å². The van der Waals surface area contributed by atoms with Crippen LogP contribution >= 0.6 is 11.3 Å². The second kappa shape index (κ2) is 7.86. The number of fused-ring (bicyclic) bond motifs is 1. The first kappa shape index (κ1) is 21.4. The summed E-state index contributed by atoms with van der Waals surface area (Å²) in [6.45, 7) is 3.26. The molecule has 0 aliphatic rings. The van der Waals surface area contributed by atoms with E-state index in [1.165, 1.54) is 0 Å². The van der Waals surface area contributed by atoms with Gasteiger partial charge in [-0.3, -0.25) is 0 Å². The van der Waals surface area contributed by atoms with E-state index in [0.717, 1.165) is 37.2 Å². The van der Waals surface area contributed by atoms with E-state index in [1.807, 2.05) is 67.0 Å². The molecule has 9 heteroatoms. The molecule has 168 valence electrons. The molecule has 33 heavy (non-hydrogen) atoms. The number of nitrogens with zero attached hydrogens (tertiary/aromatic N) is 4. The standard InChI is InChI=1S/C24H23N5O2S2/c1-15(2)33(30,31)29-19-14-17(11-12-18(19)26-24(29)25)22-21(16-8-5-4-6-9-16)27-23(28(22)3)20-10-7-13-32-20/h4-15H,1-3H3,(H2,25,26). The van der Waals surface area contributed by atoms with E-state index in [0.29, 0.717) is 11.0 Å². The summed E-state index contributed by atoms with van der Waals surface area (Å²) in [6.07, 6.45) is 0. The molecule has 0 unspecified atom stereocenters. The van der Waals surface area contributed by atoms with Crippen molar-refractivity contribution >= 4 is 38.3 Å². The Kier molecular flexibility index (Phi) is 5.10. The maximum atomic E-state index is 13.0. The zero-order valence-corrected chi connectivity index (χ0v) is 20.1. The molecule has 5 aromatic rings. The van der Waals surface area contributed by atoms with Crippen LogP contribution in [0.15, 0.2) is 66.0 Å². The minimum Gasteiger partial charge on any atom is -0.368 e. The Labute approximate surface area is 196 Å². The number of nitrogen functional groups attached to an aromatic ring is 1. The summed E-state index contributed by atoms with van der Waals surface area (Å²) in [5.74, 6) is 0.810. The number of hydrogen-bond donors (Lipinski definition) is 1. The number of thiophene rings is 1. The normalized spacial score (nSPS) is 12.1. The van der Waals surface area contributed by atoms with Crippen LogP contribution in [0.2, 0.25) is 0 Å². The summed E-state index contributed by atoms with van der Waals surface area (Å²) >= 11 is 1.62. The lowest BCUT2D eigenvalue weighted by atomic mass is 10.0. The Balaban J connectivity index is 1.80. The van der Waals surface area contributed by atoms with Crippen molar-refractivity contribution in [1.29, 1.82) is 0 Å². The fraction of sp³-hybridized carbons (Fsp3) is 0.167. The Morgan fingerprint density at radius 2 is 1.73 bits per heavy atom. The molecular formula is C24H23N5O2S2. The molecule has 0 spiro atoms. The third-order valence-corrected chi connectivity index (χ3v) is 8.59. The average Bonchev–Trinajstić information content (AvgIpc) is 3.50. The van der Waals surface area contributed by atoms with Crippen molar-refractivity contribution < 1.29 is 8.42 Å². The molecule has 0 atom stereocenters. The summed E-state index contributed by atoms with van der Waals surface area (Å²) in [7, 11) is -1.71. The van der Waals surface area contributed by atoms with E-state index < -0.39 is 15.3 Å². The smallest absolute Gasteiger partial charge is 0.244 e. The SMILES string of the molecule is CC(C)S(=O)(=O)n1c(N)nc2ccc(-c3c(-c4ccccc4)nc(-c4cccs4)n3C)cc21. The van der Waals surface area contributed by atoms with Gasteiger partial charge in [-0.05, 0) is 37.4 Å². The van der Waals surface area contributed by atoms with Crippen LogP contribution in [0.25, 0.3) is 44.2 Å². The first-order valence-electron chi connectivity index (χ1n) is 10.5. The van der Waals surface area contributed by atoms with E-state index in [4.69, 9.17) is 10.7 Å². The zero-order valence-electron chi connectivity index (χ0n) is 18.4. The topological polar surface area (TPSA) is 95.8 Å². The first-order valence-corrected chi connectivity index (χ1v) is 12.9. The second-order valence-electron chi connectivity index (χ2n) is 8.07. The molecule has 0 radical (unpaired) electrons. The Morgan fingerprint density at radius 3 is 2.39 bits per heavy atom. The second-order valence-corrected chi connectivity index (χ2v) is 11.4. The molecule has 2 N–H and O–H groups in total. The predicted molar refractivity (Wildman–Crippen MR) is 135 cm³/mol. The molecule has 2 aromatic carbocycles. The van der Waals surface area contributed by atoms with Crippen LogP contribution in [0, 0.1) is 0 Å². The van der Waals surface area contributed by atoms with Crippen LogP contribution in [-0.2, 0) is 17.1 Å². The van der Waals surface area contributed by atoms with Crippen LogP contribution < -0.4 is 5.73 Å². The van der Waals surface area contributed by atoms with Crippen molar-refractivity contribution in [3.63, 3.8) is 0 Å². The van der Waals surface area contributed by atoms with Gasteiger partial charge < -0.3 is 10.3 Å². The van der Waals surface area contributed by atoms with Gasteiger partial charge in [-0.2, -0.15) is 0 Å². The minimum absolute atomic E-state index is 0.0385. The lowest BCUT2D eigenvalue weighted by Gasteiger charge is -2.12. The van der Waals surface area contributed by atoms with E-state index in [1.54, 1.807) is 31.3 Å². The molecule has 7 nitrogen and oxygen atoms in total. The average molecular weight is 478 g/mol. The molecule has 0 saturated carbocycles. The van der Waals surface area contributed by atoms with E-state index in [-0.39, 0.29) is 5.95 Å². The number of nitrogens with two attached hydrogens (primary N) is 1. The number of hydrogen-bond acceptors (Lipinski definition) is 6. The Morgan fingerprint density at radius 1 is 0.970 bits per heavy atom. The highest BCUT2D eigenvalue weighted by molar-refractivity contribution is 7.90. The van der Waals surface area contributed by atoms with Gasteiger partial charge in [0.05, 0.1) is 32.5 Å². The van der Waals surface area contributed by atoms with Gasteiger partial charge in [0, 0.05) is 18.2 Å². The Hall–Kier alpha value is -3.43. The van der Waals surface area contributed by atoms with Crippen molar-refractivity contribution in [2.24, 2.45) is 7.05 Å². The molecular weight excluding hydrogens is 454 g/mol. The number of anilines is 1. The molecule has 0 amide bonds. The molecule has 5 rings (SSSR count). The lowest BCUT2D eigenvalue weighted by molar-refractivity contribution is 0.580. The van der Waals surface area contributed by atoms with Crippen molar-refractivity contribution in [1.82, 2.24) is 18.5 Å².